The predicted molar refractivity (Wildman–Crippen MR) is 116 cm³/mol. The normalized spacial score (nSPS) is 31.6. The Morgan fingerprint density at radius 2 is 1.23 bits per heavy atom. The topological polar surface area (TPSA) is 31.2 Å². The van der Waals surface area contributed by atoms with Crippen molar-refractivity contribution < 1.29 is 0 Å². The molecule has 0 atom stereocenters. The first-order valence-electron chi connectivity index (χ1n) is 9.62. The third-order valence-corrected chi connectivity index (χ3v) is 47.6. The van der Waals surface area contributed by atoms with Crippen LogP contribution in [0.3, 0.4) is 0 Å². The van der Waals surface area contributed by atoms with Gasteiger partial charge in [0.25, 0.3) is 0 Å². The molecule has 5 rings (SSSR count). The Bertz CT molecular complexity index is 752. The molecule has 4 aliphatic heterocycles. The van der Waals surface area contributed by atoms with Crippen LogP contribution in [0.4, 0.5) is 0 Å². The number of hydrogen-bond donors (Lipinski definition) is 0. The van der Waals surface area contributed by atoms with Crippen LogP contribution in [0.1, 0.15) is 38.5 Å². The second kappa shape index (κ2) is 7.88. The van der Waals surface area contributed by atoms with Gasteiger partial charge in [-0.15, -0.1) is 0 Å². The number of likely N-dealkylation sites (tertiary alicyclic amines) is 2. The van der Waals surface area contributed by atoms with E-state index in [0.717, 1.165) is 0 Å². The summed E-state index contributed by atoms with van der Waals surface area (Å²) in [6.45, 7) is 4.96. The average molecular weight is 565 g/mol. The molecule has 26 heavy (non-hydrogen) atoms. The number of amidine groups is 2. The molecular weight excluding hydrogens is 540 g/mol. The molecule has 0 radical (unpaired) electrons. The molecule has 0 N–H and O–H groups in total. The Balaban J connectivity index is 1.53. The summed E-state index contributed by atoms with van der Waals surface area (Å²) in [5.74, 6) is -1.63. The van der Waals surface area contributed by atoms with E-state index < -0.39 is 15.1 Å². The van der Waals surface area contributed by atoms with Crippen molar-refractivity contribution in [1.29, 1.82) is 0 Å². The molecule has 8 heteroatoms. The summed E-state index contributed by atoms with van der Waals surface area (Å²) in [4.78, 5) is 5.28. The first-order chi connectivity index (χ1) is 12.9. The van der Waals surface area contributed by atoms with Crippen molar-refractivity contribution in [2.75, 3.05) is 26.2 Å². The maximum absolute atomic E-state index is 5.56. The van der Waals surface area contributed by atoms with Gasteiger partial charge in [0.15, 0.2) is 0 Å². The molecule has 2 saturated heterocycles. The van der Waals surface area contributed by atoms with Crippen LogP contribution in [0, 0.1) is 0 Å². The zero-order chi connectivity index (χ0) is 17.4. The van der Waals surface area contributed by atoms with Gasteiger partial charge in [-0.3, -0.25) is 0 Å². The SMILES string of the molecule is c1ccc(P23=[Se]([Se]C(N4CCCCC4)=N2)[Se]C(N2CCCCC2)=N3)cc1. The summed E-state index contributed by atoms with van der Waals surface area (Å²) >= 11 is 1.25. The number of benzene rings is 1. The maximum atomic E-state index is 5.56. The van der Waals surface area contributed by atoms with Gasteiger partial charge in [0, 0.05) is 0 Å². The van der Waals surface area contributed by atoms with Crippen LogP contribution in [-0.4, -0.2) is 81.0 Å². The first-order valence-corrected chi connectivity index (χ1v) is 23.9. The quantitative estimate of drug-likeness (QED) is 0.387. The van der Waals surface area contributed by atoms with Crippen molar-refractivity contribution in [2.45, 2.75) is 38.5 Å². The fraction of sp³-hybridized carbons (Fsp3) is 0.556. The number of rotatable bonds is 1. The van der Waals surface area contributed by atoms with Gasteiger partial charge in [0.2, 0.25) is 0 Å². The summed E-state index contributed by atoms with van der Waals surface area (Å²) in [6.07, 6.45) is 8.20. The molecule has 4 heterocycles. The van der Waals surface area contributed by atoms with Gasteiger partial charge in [0.05, 0.1) is 0 Å². The van der Waals surface area contributed by atoms with E-state index in [0.29, 0.717) is 26.3 Å². The molecule has 0 spiro atoms. The molecule has 2 fully saturated rings. The predicted octanol–water partition coefficient (Wildman–Crippen LogP) is 2.26. The molecule has 0 amide bonds. The Morgan fingerprint density at radius 3 is 1.73 bits per heavy atom. The molecule has 1 aromatic carbocycles. The Morgan fingerprint density at radius 1 is 0.731 bits per heavy atom. The van der Waals surface area contributed by atoms with Crippen LogP contribution in [0.15, 0.2) is 39.9 Å². The van der Waals surface area contributed by atoms with E-state index in [9.17, 15) is 0 Å². The number of piperidine rings is 2. The number of nitrogens with zero attached hydrogens (tertiary/aromatic N) is 4. The van der Waals surface area contributed by atoms with Crippen LogP contribution in [0.25, 0.3) is 0 Å². The van der Waals surface area contributed by atoms with Gasteiger partial charge in [-0.05, 0) is 0 Å². The molecule has 140 valence electrons. The molecule has 4 nitrogen and oxygen atoms in total. The van der Waals surface area contributed by atoms with Crippen molar-refractivity contribution in [3.8, 4) is 0 Å². The van der Waals surface area contributed by atoms with Crippen LogP contribution >= 0.6 is 5.81 Å². The molecule has 1 aromatic rings. The molecule has 0 bridgehead atoms. The molecule has 0 saturated carbocycles. The molecule has 4 aliphatic rings. The van der Waals surface area contributed by atoms with Gasteiger partial charge in [-0.2, -0.15) is 0 Å². The summed E-state index contributed by atoms with van der Waals surface area (Å²) in [6, 6.07) is 11.2. The second-order valence-electron chi connectivity index (χ2n) is 7.12. The Labute approximate surface area is 169 Å². The minimum absolute atomic E-state index is 0.627. The standard InChI is InChI=1S/C18H25N4PSe3/c1-4-10-16(11-5-1)23-19-17(21-12-6-2-7-13-21)24-26(23)25-18(20-23)22-14-8-3-9-15-22/h1,4-5,10-11H,2-3,6-9,12-15H2. The van der Waals surface area contributed by atoms with E-state index in [-0.39, 0.29) is 0 Å². The van der Waals surface area contributed by atoms with Crippen molar-refractivity contribution in [2.24, 2.45) is 9.53 Å². The van der Waals surface area contributed by atoms with Crippen LogP contribution in [0.5, 0.6) is 0 Å². The summed E-state index contributed by atoms with van der Waals surface area (Å²) in [5.41, 5.74) is 0. The van der Waals surface area contributed by atoms with Crippen molar-refractivity contribution in [3.63, 3.8) is 0 Å². The average Bonchev–Trinajstić information content (AvgIpc) is 3.26. The summed E-state index contributed by atoms with van der Waals surface area (Å²) in [5, 5.41) is 1.48. The molecule has 0 unspecified atom stereocenters. The third-order valence-electron chi connectivity index (χ3n) is 5.29. The van der Waals surface area contributed by atoms with E-state index in [1.165, 1.54) is 79.5 Å². The third kappa shape index (κ3) is 3.35. The fourth-order valence-electron chi connectivity index (χ4n) is 3.83. The zero-order valence-corrected chi connectivity index (χ0v) is 21.0. The Hall–Kier alpha value is 0.148. The Kier molecular flexibility index (Phi) is 5.51. The summed E-state index contributed by atoms with van der Waals surface area (Å²) < 4.78 is 14.1. The minimum atomic E-state index is -1.63. The molecule has 0 aliphatic carbocycles. The molecular formula is C18H25N4PSe3. The van der Waals surface area contributed by atoms with Gasteiger partial charge < -0.3 is 0 Å². The monoisotopic (exact) mass is 568 g/mol. The fourth-order valence-corrected chi connectivity index (χ4v) is 53.1. The number of hydrogen-bond acceptors (Lipinski definition) is 4. The second-order valence-corrected chi connectivity index (χ2v) is 39.6. The zero-order valence-electron chi connectivity index (χ0n) is 14.9. The van der Waals surface area contributed by atoms with E-state index in [4.69, 9.17) is 9.53 Å². The van der Waals surface area contributed by atoms with Crippen LogP contribution in [-0.2, 0) is 0 Å². The van der Waals surface area contributed by atoms with E-state index in [1.54, 1.807) is 0 Å². The van der Waals surface area contributed by atoms with Gasteiger partial charge in [-0.25, -0.2) is 0 Å². The summed E-state index contributed by atoms with van der Waals surface area (Å²) in [7, 11) is -0.753. The van der Waals surface area contributed by atoms with Crippen molar-refractivity contribution in [3.05, 3.63) is 30.3 Å². The van der Waals surface area contributed by atoms with E-state index in [2.05, 4.69) is 40.1 Å². The van der Waals surface area contributed by atoms with E-state index >= 15 is 0 Å². The van der Waals surface area contributed by atoms with Crippen LogP contribution in [0.2, 0.25) is 0 Å². The van der Waals surface area contributed by atoms with Gasteiger partial charge in [-0.1, -0.05) is 0 Å². The van der Waals surface area contributed by atoms with Crippen molar-refractivity contribution in [1.82, 2.24) is 9.80 Å². The molecule has 0 aromatic heterocycles. The van der Waals surface area contributed by atoms with Crippen LogP contribution < -0.4 is 5.30 Å². The van der Waals surface area contributed by atoms with Gasteiger partial charge >= 0.3 is 171 Å². The first kappa shape index (κ1) is 18.2. The van der Waals surface area contributed by atoms with Gasteiger partial charge in [0.1, 0.15) is 0 Å². The van der Waals surface area contributed by atoms with Crippen molar-refractivity contribution >= 4 is 56.2 Å². The van der Waals surface area contributed by atoms with E-state index in [1.807, 2.05) is 0 Å².